The Morgan fingerprint density at radius 2 is 2.36 bits per heavy atom. The molecule has 1 aromatic rings. The highest BCUT2D eigenvalue weighted by Gasteiger charge is 2.09. The Bertz CT molecular complexity index is 235. The number of nitrogens with zero attached hydrogens (tertiary/aromatic N) is 1. The van der Waals surface area contributed by atoms with E-state index in [4.69, 9.17) is 16.0 Å². The summed E-state index contributed by atoms with van der Waals surface area (Å²) in [4.78, 5) is 2.34. The molecule has 2 nitrogen and oxygen atoms in total. The van der Waals surface area contributed by atoms with E-state index < -0.39 is 0 Å². The zero-order valence-corrected chi connectivity index (χ0v) is 9.63. The third-order valence-corrected chi connectivity index (χ3v) is 2.77. The number of hydrogen-bond acceptors (Lipinski definition) is 2. The predicted octanol–water partition coefficient (Wildman–Crippen LogP) is 2.98. The third kappa shape index (κ3) is 3.72. The average molecular weight is 216 g/mol. The molecule has 0 fully saturated rings. The smallest absolute Gasteiger partial charge is 0.117 e. The van der Waals surface area contributed by atoms with E-state index in [2.05, 4.69) is 18.7 Å². The van der Waals surface area contributed by atoms with Gasteiger partial charge in [0.15, 0.2) is 0 Å². The molecule has 1 atom stereocenters. The first-order valence-corrected chi connectivity index (χ1v) is 5.60. The molecule has 0 spiro atoms. The minimum atomic E-state index is 0.534. The van der Waals surface area contributed by atoms with E-state index >= 15 is 0 Å². The van der Waals surface area contributed by atoms with Crippen LogP contribution < -0.4 is 0 Å². The van der Waals surface area contributed by atoms with Gasteiger partial charge in [-0.25, -0.2) is 0 Å². The number of alkyl halides is 1. The first-order valence-electron chi connectivity index (χ1n) is 5.07. The van der Waals surface area contributed by atoms with Crippen LogP contribution in [0.3, 0.4) is 0 Å². The Kier molecular flexibility index (Phi) is 5.05. The summed E-state index contributed by atoms with van der Waals surface area (Å²) in [6.07, 6.45) is 1.72. The molecule has 0 aliphatic carbocycles. The molecule has 1 heterocycles. The second kappa shape index (κ2) is 6.10. The van der Waals surface area contributed by atoms with Gasteiger partial charge < -0.3 is 4.42 Å². The summed E-state index contributed by atoms with van der Waals surface area (Å²) in [5.41, 5.74) is 0. The van der Waals surface area contributed by atoms with Gasteiger partial charge in [-0.3, -0.25) is 4.90 Å². The molecule has 1 rings (SSSR count). The molecule has 0 aliphatic heterocycles. The lowest BCUT2D eigenvalue weighted by molar-refractivity contribution is 0.230. The molecule has 0 bridgehead atoms. The fraction of sp³-hybridized carbons (Fsp3) is 0.636. The van der Waals surface area contributed by atoms with E-state index in [1.54, 1.807) is 6.26 Å². The Labute approximate surface area is 90.8 Å². The van der Waals surface area contributed by atoms with E-state index in [0.29, 0.717) is 11.8 Å². The molecule has 1 aromatic heterocycles. The van der Waals surface area contributed by atoms with Crippen LogP contribution in [0.15, 0.2) is 22.8 Å². The van der Waals surface area contributed by atoms with E-state index in [0.717, 1.165) is 25.4 Å². The zero-order chi connectivity index (χ0) is 10.4. The van der Waals surface area contributed by atoms with Crippen molar-refractivity contribution >= 4 is 11.6 Å². The topological polar surface area (TPSA) is 16.4 Å². The molecule has 0 aromatic carbocycles. The Morgan fingerprint density at radius 1 is 1.57 bits per heavy atom. The fourth-order valence-corrected chi connectivity index (χ4v) is 1.52. The summed E-state index contributed by atoms with van der Waals surface area (Å²) in [6, 6.07) is 3.93. The van der Waals surface area contributed by atoms with Gasteiger partial charge in [-0.1, -0.05) is 13.8 Å². The lowest BCUT2D eigenvalue weighted by Crippen LogP contribution is -2.28. The first kappa shape index (κ1) is 11.6. The molecule has 0 amide bonds. The van der Waals surface area contributed by atoms with Crippen molar-refractivity contribution in [1.82, 2.24) is 4.90 Å². The van der Waals surface area contributed by atoms with Crippen molar-refractivity contribution in [3.05, 3.63) is 24.2 Å². The number of hydrogen-bond donors (Lipinski definition) is 0. The summed E-state index contributed by atoms with van der Waals surface area (Å²) in [5.74, 6) is 2.27. The summed E-state index contributed by atoms with van der Waals surface area (Å²) < 4.78 is 5.31. The second-order valence-corrected chi connectivity index (χ2v) is 3.98. The number of rotatable bonds is 6. The van der Waals surface area contributed by atoms with Crippen molar-refractivity contribution in [1.29, 1.82) is 0 Å². The highest BCUT2D eigenvalue weighted by Crippen LogP contribution is 2.08. The molecule has 0 aliphatic rings. The lowest BCUT2D eigenvalue weighted by Gasteiger charge is -2.21. The molecule has 80 valence electrons. The minimum Gasteiger partial charge on any atom is -0.468 e. The SMILES string of the molecule is CCN(Cc1ccco1)CC(C)CCl. The lowest BCUT2D eigenvalue weighted by atomic mass is 10.2. The maximum Gasteiger partial charge on any atom is 0.117 e. The minimum absolute atomic E-state index is 0.534. The van der Waals surface area contributed by atoms with Gasteiger partial charge in [0.2, 0.25) is 0 Å². The van der Waals surface area contributed by atoms with Crippen LogP contribution in [-0.2, 0) is 6.54 Å². The van der Waals surface area contributed by atoms with Crippen molar-refractivity contribution in [3.8, 4) is 0 Å². The van der Waals surface area contributed by atoms with Crippen molar-refractivity contribution in [2.45, 2.75) is 20.4 Å². The first-order chi connectivity index (χ1) is 6.76. The van der Waals surface area contributed by atoms with Crippen LogP contribution in [0.5, 0.6) is 0 Å². The van der Waals surface area contributed by atoms with Gasteiger partial charge >= 0.3 is 0 Å². The average Bonchev–Trinajstić information content (AvgIpc) is 2.69. The molecular weight excluding hydrogens is 198 g/mol. The number of halogens is 1. The summed E-state index contributed by atoms with van der Waals surface area (Å²) in [6.45, 7) is 7.26. The molecule has 14 heavy (non-hydrogen) atoms. The maximum absolute atomic E-state index is 5.78. The molecule has 0 saturated heterocycles. The molecule has 3 heteroatoms. The summed E-state index contributed by atoms with van der Waals surface area (Å²) in [7, 11) is 0. The van der Waals surface area contributed by atoms with Crippen LogP contribution in [0.1, 0.15) is 19.6 Å². The van der Waals surface area contributed by atoms with Gasteiger partial charge in [0, 0.05) is 12.4 Å². The molecule has 1 unspecified atom stereocenters. The van der Waals surface area contributed by atoms with Crippen LogP contribution in [0.2, 0.25) is 0 Å². The van der Waals surface area contributed by atoms with Gasteiger partial charge in [0.25, 0.3) is 0 Å². The predicted molar refractivity (Wildman–Crippen MR) is 59.5 cm³/mol. The maximum atomic E-state index is 5.78. The standard InChI is InChI=1S/C11H18ClNO/c1-3-13(8-10(2)7-12)9-11-5-4-6-14-11/h4-6,10H,3,7-9H2,1-2H3. The van der Waals surface area contributed by atoms with Gasteiger partial charge in [0.05, 0.1) is 12.8 Å². The van der Waals surface area contributed by atoms with Gasteiger partial charge in [0.1, 0.15) is 5.76 Å². The molecule has 0 saturated carbocycles. The van der Waals surface area contributed by atoms with E-state index in [1.165, 1.54) is 0 Å². The molecular formula is C11H18ClNO. The summed E-state index contributed by atoms with van der Waals surface area (Å²) >= 11 is 5.78. The van der Waals surface area contributed by atoms with Crippen molar-refractivity contribution in [2.24, 2.45) is 5.92 Å². The van der Waals surface area contributed by atoms with Crippen molar-refractivity contribution in [3.63, 3.8) is 0 Å². The largest absolute Gasteiger partial charge is 0.468 e. The second-order valence-electron chi connectivity index (χ2n) is 3.67. The van der Waals surface area contributed by atoms with Crippen LogP contribution in [0, 0.1) is 5.92 Å². The zero-order valence-electron chi connectivity index (χ0n) is 8.87. The molecule has 0 N–H and O–H groups in total. The summed E-state index contributed by atoms with van der Waals surface area (Å²) in [5, 5.41) is 0. The highest BCUT2D eigenvalue weighted by molar-refractivity contribution is 6.18. The van der Waals surface area contributed by atoms with Gasteiger partial charge in [-0.05, 0) is 24.6 Å². The monoisotopic (exact) mass is 215 g/mol. The number of furan rings is 1. The van der Waals surface area contributed by atoms with Crippen LogP contribution in [0.4, 0.5) is 0 Å². The quantitative estimate of drug-likeness (QED) is 0.679. The van der Waals surface area contributed by atoms with Crippen molar-refractivity contribution in [2.75, 3.05) is 19.0 Å². The Hall–Kier alpha value is -0.470. The van der Waals surface area contributed by atoms with E-state index in [1.807, 2.05) is 12.1 Å². The van der Waals surface area contributed by atoms with Crippen LogP contribution >= 0.6 is 11.6 Å². The Morgan fingerprint density at radius 3 is 2.86 bits per heavy atom. The fourth-order valence-electron chi connectivity index (χ4n) is 1.42. The van der Waals surface area contributed by atoms with Crippen molar-refractivity contribution < 1.29 is 4.42 Å². The third-order valence-electron chi connectivity index (χ3n) is 2.24. The normalized spacial score (nSPS) is 13.4. The van der Waals surface area contributed by atoms with Gasteiger partial charge in [-0.2, -0.15) is 0 Å². The van der Waals surface area contributed by atoms with E-state index in [-0.39, 0.29) is 0 Å². The van der Waals surface area contributed by atoms with Crippen LogP contribution in [0.25, 0.3) is 0 Å². The van der Waals surface area contributed by atoms with E-state index in [9.17, 15) is 0 Å². The van der Waals surface area contributed by atoms with Crippen LogP contribution in [-0.4, -0.2) is 23.9 Å². The Balaban J connectivity index is 2.39. The van der Waals surface area contributed by atoms with Gasteiger partial charge in [-0.15, -0.1) is 11.6 Å². The molecule has 0 radical (unpaired) electrons. The highest BCUT2D eigenvalue weighted by atomic mass is 35.5.